The summed E-state index contributed by atoms with van der Waals surface area (Å²) in [4.78, 5) is 24.8. The molecule has 2 aromatic heterocycles. The molecule has 5 rings (SSSR count). The molecule has 4 N–H and O–H groups in total. The van der Waals surface area contributed by atoms with Gasteiger partial charge in [-0.05, 0) is 62.6 Å². The molecule has 170 valence electrons. The fourth-order valence-electron chi connectivity index (χ4n) is 4.15. The monoisotopic (exact) mass is 459 g/mol. The number of benzene rings is 1. The van der Waals surface area contributed by atoms with Gasteiger partial charge in [0.1, 0.15) is 29.1 Å². The van der Waals surface area contributed by atoms with Gasteiger partial charge >= 0.3 is 0 Å². The molecule has 2 saturated carbocycles. The van der Waals surface area contributed by atoms with E-state index in [2.05, 4.69) is 20.3 Å². The third kappa shape index (κ3) is 4.71. The molecule has 1 amide bonds. The first kappa shape index (κ1) is 22.5. The number of nitrogens with zero attached hydrogens (tertiary/aromatic N) is 2. The zero-order valence-corrected chi connectivity index (χ0v) is 18.5. The molecule has 7 nitrogen and oxygen atoms in total. The summed E-state index contributed by atoms with van der Waals surface area (Å²) in [5.41, 5.74) is 8.56. The standard InChI is InChI=1S/C23H26FN5O2.ClH/c24-14-3-8-19(31-11-13-1-2-13)17(9-14)20-22-21(28-12-27-20)18(10-26-22)23(30)29-16-6-4-15(25)5-7-16;/h3,8-10,12-13,15-16,26H,1-2,4-7,11,25H2,(H,29,30);1H/t15-,16-;. The average Bonchev–Trinajstić information content (AvgIpc) is 3.50. The van der Waals surface area contributed by atoms with Crippen LogP contribution in [0.15, 0.2) is 30.7 Å². The maximum Gasteiger partial charge on any atom is 0.255 e. The van der Waals surface area contributed by atoms with E-state index >= 15 is 0 Å². The number of hydrogen-bond donors (Lipinski definition) is 3. The molecule has 2 fully saturated rings. The van der Waals surface area contributed by atoms with Gasteiger partial charge in [0.05, 0.1) is 17.7 Å². The highest BCUT2D eigenvalue weighted by Gasteiger charge is 2.25. The summed E-state index contributed by atoms with van der Waals surface area (Å²) in [6.07, 6.45) is 8.94. The maximum absolute atomic E-state index is 14.1. The van der Waals surface area contributed by atoms with E-state index in [-0.39, 0.29) is 36.2 Å². The van der Waals surface area contributed by atoms with Crippen LogP contribution >= 0.6 is 12.4 Å². The molecule has 2 heterocycles. The van der Waals surface area contributed by atoms with Crippen molar-refractivity contribution in [3.05, 3.63) is 42.1 Å². The van der Waals surface area contributed by atoms with E-state index in [1.165, 1.54) is 18.5 Å². The van der Waals surface area contributed by atoms with Crippen molar-refractivity contribution < 1.29 is 13.9 Å². The lowest BCUT2D eigenvalue weighted by Crippen LogP contribution is -2.40. The van der Waals surface area contributed by atoms with Gasteiger partial charge in [-0.15, -0.1) is 12.4 Å². The lowest BCUT2D eigenvalue weighted by atomic mass is 9.91. The quantitative estimate of drug-likeness (QED) is 0.517. The third-order valence-corrected chi connectivity index (χ3v) is 6.18. The Balaban J connectivity index is 0.00000245. The second kappa shape index (κ2) is 9.42. The zero-order valence-electron chi connectivity index (χ0n) is 17.6. The summed E-state index contributed by atoms with van der Waals surface area (Å²) in [6, 6.07) is 4.76. The SMILES string of the molecule is Cl.N[C@H]1CC[C@H](NC(=O)c2c[nH]c3c(-c4cc(F)ccc4OCC4CC4)ncnc23)CC1. The Morgan fingerprint density at radius 2 is 1.97 bits per heavy atom. The first-order chi connectivity index (χ1) is 15.1. The van der Waals surface area contributed by atoms with Gasteiger partial charge in [-0.25, -0.2) is 14.4 Å². The molecule has 0 saturated heterocycles. The maximum atomic E-state index is 14.1. The van der Waals surface area contributed by atoms with Crippen molar-refractivity contribution in [3.63, 3.8) is 0 Å². The number of halogens is 2. The second-order valence-electron chi connectivity index (χ2n) is 8.63. The van der Waals surface area contributed by atoms with Crippen LogP contribution < -0.4 is 15.8 Å². The van der Waals surface area contributed by atoms with Gasteiger partial charge in [0.15, 0.2) is 0 Å². The number of fused-ring (bicyclic) bond motifs is 1. The highest BCUT2D eigenvalue weighted by Crippen LogP contribution is 2.36. The van der Waals surface area contributed by atoms with Crippen molar-refractivity contribution in [1.29, 1.82) is 0 Å². The van der Waals surface area contributed by atoms with Crippen LogP contribution in [0.2, 0.25) is 0 Å². The van der Waals surface area contributed by atoms with E-state index in [0.29, 0.717) is 46.1 Å². The molecule has 1 aromatic carbocycles. The van der Waals surface area contributed by atoms with Crippen molar-refractivity contribution in [2.75, 3.05) is 6.61 Å². The Morgan fingerprint density at radius 1 is 1.19 bits per heavy atom. The second-order valence-corrected chi connectivity index (χ2v) is 8.63. The summed E-state index contributed by atoms with van der Waals surface area (Å²) in [5, 5.41) is 3.09. The van der Waals surface area contributed by atoms with Crippen molar-refractivity contribution >= 4 is 29.3 Å². The van der Waals surface area contributed by atoms with E-state index in [9.17, 15) is 9.18 Å². The summed E-state index contributed by atoms with van der Waals surface area (Å²) in [5.74, 6) is 0.590. The van der Waals surface area contributed by atoms with Crippen LogP contribution in [0.25, 0.3) is 22.3 Å². The molecule has 2 aliphatic rings. The molecule has 9 heteroatoms. The van der Waals surface area contributed by atoms with Crippen LogP contribution in [-0.4, -0.2) is 39.5 Å². The fraction of sp³-hybridized carbons (Fsp3) is 0.435. The summed E-state index contributed by atoms with van der Waals surface area (Å²) in [7, 11) is 0. The Kier molecular flexibility index (Phi) is 6.62. The predicted molar refractivity (Wildman–Crippen MR) is 122 cm³/mol. The number of ether oxygens (including phenoxy) is 1. The molecule has 0 aliphatic heterocycles. The molecule has 2 aliphatic carbocycles. The van der Waals surface area contributed by atoms with E-state index in [1.54, 1.807) is 12.3 Å². The van der Waals surface area contributed by atoms with E-state index in [4.69, 9.17) is 10.5 Å². The van der Waals surface area contributed by atoms with E-state index in [1.807, 2.05) is 0 Å². The van der Waals surface area contributed by atoms with Crippen molar-refractivity contribution in [1.82, 2.24) is 20.3 Å². The van der Waals surface area contributed by atoms with Gasteiger partial charge < -0.3 is 20.8 Å². The molecule has 32 heavy (non-hydrogen) atoms. The van der Waals surface area contributed by atoms with Crippen LogP contribution in [0.4, 0.5) is 4.39 Å². The lowest BCUT2D eigenvalue weighted by Gasteiger charge is -2.26. The lowest BCUT2D eigenvalue weighted by molar-refractivity contribution is 0.0927. The first-order valence-electron chi connectivity index (χ1n) is 10.9. The zero-order chi connectivity index (χ0) is 21.4. The van der Waals surface area contributed by atoms with E-state index < -0.39 is 0 Å². The largest absolute Gasteiger partial charge is 0.493 e. The predicted octanol–water partition coefficient (Wildman–Crippen LogP) is 3.97. The van der Waals surface area contributed by atoms with Gasteiger partial charge in [0, 0.05) is 23.8 Å². The molecule has 3 aromatic rings. The number of rotatable bonds is 6. The molecular formula is C23H27ClFN5O2. The number of amides is 1. The van der Waals surface area contributed by atoms with Crippen LogP contribution in [0.5, 0.6) is 5.75 Å². The Bertz CT molecular complexity index is 1110. The van der Waals surface area contributed by atoms with Crippen molar-refractivity contribution in [2.24, 2.45) is 11.7 Å². The van der Waals surface area contributed by atoms with Crippen LogP contribution in [0, 0.1) is 11.7 Å². The summed E-state index contributed by atoms with van der Waals surface area (Å²) in [6.45, 7) is 0.607. The highest BCUT2D eigenvalue weighted by molar-refractivity contribution is 6.07. The van der Waals surface area contributed by atoms with Gasteiger partial charge in [-0.3, -0.25) is 4.79 Å². The van der Waals surface area contributed by atoms with Crippen molar-refractivity contribution in [2.45, 2.75) is 50.6 Å². The van der Waals surface area contributed by atoms with Gasteiger partial charge in [-0.1, -0.05) is 0 Å². The minimum Gasteiger partial charge on any atom is -0.493 e. The van der Waals surface area contributed by atoms with Crippen molar-refractivity contribution in [3.8, 4) is 17.0 Å². The van der Waals surface area contributed by atoms with Crippen LogP contribution in [0.3, 0.4) is 0 Å². The number of carbonyl (C=O) groups excluding carboxylic acids is 1. The smallest absolute Gasteiger partial charge is 0.255 e. The molecule has 0 unspecified atom stereocenters. The average molecular weight is 460 g/mol. The minimum atomic E-state index is -0.374. The minimum absolute atomic E-state index is 0. The molecule has 0 bridgehead atoms. The first-order valence-corrected chi connectivity index (χ1v) is 10.9. The molecular weight excluding hydrogens is 433 g/mol. The number of nitrogens with two attached hydrogens (primary N) is 1. The van der Waals surface area contributed by atoms with Gasteiger partial charge in [0.25, 0.3) is 5.91 Å². The van der Waals surface area contributed by atoms with Crippen LogP contribution in [-0.2, 0) is 0 Å². The van der Waals surface area contributed by atoms with Crippen LogP contribution in [0.1, 0.15) is 48.9 Å². The molecule has 0 spiro atoms. The topological polar surface area (TPSA) is 106 Å². The summed E-state index contributed by atoms with van der Waals surface area (Å²) < 4.78 is 20.0. The number of aromatic nitrogens is 3. The Labute approximate surface area is 191 Å². The van der Waals surface area contributed by atoms with E-state index in [0.717, 1.165) is 38.5 Å². The normalized spacial score (nSPS) is 20.6. The molecule has 0 radical (unpaired) electrons. The number of aromatic amines is 1. The molecule has 0 atom stereocenters. The van der Waals surface area contributed by atoms with Gasteiger partial charge in [0.2, 0.25) is 0 Å². The third-order valence-electron chi connectivity index (χ3n) is 6.18. The number of nitrogens with one attached hydrogen (secondary N) is 2. The summed E-state index contributed by atoms with van der Waals surface area (Å²) >= 11 is 0. The Morgan fingerprint density at radius 3 is 2.72 bits per heavy atom. The highest BCUT2D eigenvalue weighted by atomic mass is 35.5. The fourth-order valence-corrected chi connectivity index (χ4v) is 4.15. The number of hydrogen-bond acceptors (Lipinski definition) is 5. The number of carbonyl (C=O) groups is 1. The van der Waals surface area contributed by atoms with Gasteiger partial charge in [-0.2, -0.15) is 0 Å². The number of H-pyrrole nitrogens is 1. The Hall–Kier alpha value is -2.71.